The maximum Gasteiger partial charge on any atom is 0.307 e. The van der Waals surface area contributed by atoms with Crippen LogP contribution in [-0.2, 0) is 4.79 Å². The van der Waals surface area contributed by atoms with Crippen molar-refractivity contribution in [2.24, 2.45) is 5.92 Å². The van der Waals surface area contributed by atoms with Crippen LogP contribution >= 0.6 is 12.4 Å². The van der Waals surface area contributed by atoms with E-state index >= 15 is 0 Å². The zero-order valence-corrected chi connectivity index (χ0v) is 7.70. The number of carboxylic acid groups (broad SMARTS) is 1. The summed E-state index contributed by atoms with van der Waals surface area (Å²) < 4.78 is 0. The highest BCUT2D eigenvalue weighted by Crippen LogP contribution is 2.46. The molecule has 0 amide bonds. The number of hydrogen-bond donors (Lipinski definition) is 1. The molecule has 2 unspecified atom stereocenters. The van der Waals surface area contributed by atoms with Gasteiger partial charge in [0.05, 0.1) is 5.92 Å². The molecule has 1 fully saturated rings. The van der Waals surface area contributed by atoms with Crippen molar-refractivity contribution in [2.45, 2.75) is 12.3 Å². The number of carbonyl (C=O) groups is 1. The van der Waals surface area contributed by atoms with Gasteiger partial charge in [-0.05, 0) is 18.6 Å². The number of rotatable bonds is 2. The molecule has 1 heterocycles. The number of hydrogen-bond acceptors (Lipinski definition) is 2. The third-order valence-corrected chi connectivity index (χ3v) is 2.18. The fourth-order valence-electron chi connectivity index (χ4n) is 1.39. The van der Waals surface area contributed by atoms with Crippen molar-refractivity contribution in [1.82, 2.24) is 4.98 Å². The Kier molecular flexibility index (Phi) is 2.88. The van der Waals surface area contributed by atoms with Crippen LogP contribution in [0.5, 0.6) is 0 Å². The van der Waals surface area contributed by atoms with Crippen LogP contribution in [-0.4, -0.2) is 16.1 Å². The monoisotopic (exact) mass is 199 g/mol. The number of carboxylic acids is 1. The van der Waals surface area contributed by atoms with E-state index in [1.165, 1.54) is 0 Å². The molecule has 0 spiro atoms. The molecular weight excluding hydrogens is 190 g/mol. The zero-order valence-electron chi connectivity index (χ0n) is 6.88. The quantitative estimate of drug-likeness (QED) is 0.789. The summed E-state index contributed by atoms with van der Waals surface area (Å²) in [5.41, 5.74) is 0.907. The van der Waals surface area contributed by atoms with Crippen molar-refractivity contribution in [3.8, 4) is 0 Å². The topological polar surface area (TPSA) is 50.2 Å². The lowest BCUT2D eigenvalue weighted by Crippen LogP contribution is -1.99. The molecule has 2 atom stereocenters. The molecule has 1 aliphatic rings. The fraction of sp³-hybridized carbons (Fsp3) is 0.333. The molecule has 0 aliphatic heterocycles. The predicted octanol–water partition coefficient (Wildman–Crippen LogP) is 1.69. The molecule has 13 heavy (non-hydrogen) atoms. The van der Waals surface area contributed by atoms with E-state index in [1.54, 1.807) is 6.20 Å². The third-order valence-electron chi connectivity index (χ3n) is 2.18. The summed E-state index contributed by atoms with van der Waals surface area (Å²) in [6.07, 6.45) is 2.44. The Morgan fingerprint density at radius 3 is 2.77 bits per heavy atom. The Labute approximate surface area is 82.2 Å². The van der Waals surface area contributed by atoms with Crippen LogP contribution in [0.3, 0.4) is 0 Å². The van der Waals surface area contributed by atoms with Crippen LogP contribution in [0.15, 0.2) is 24.4 Å². The van der Waals surface area contributed by atoms with Crippen molar-refractivity contribution in [2.75, 3.05) is 0 Å². The van der Waals surface area contributed by atoms with E-state index in [2.05, 4.69) is 4.98 Å². The molecule has 4 heteroatoms. The lowest BCUT2D eigenvalue weighted by atomic mass is 10.2. The van der Waals surface area contributed by atoms with Crippen LogP contribution in [0, 0.1) is 5.92 Å². The molecule has 3 nitrogen and oxygen atoms in total. The summed E-state index contributed by atoms with van der Waals surface area (Å²) in [5, 5.41) is 8.66. The molecule has 1 aromatic heterocycles. The summed E-state index contributed by atoms with van der Waals surface area (Å²) >= 11 is 0. The summed E-state index contributed by atoms with van der Waals surface area (Å²) in [6.45, 7) is 0. The number of aromatic nitrogens is 1. The number of halogens is 1. The summed E-state index contributed by atoms with van der Waals surface area (Å²) in [6, 6.07) is 5.61. The van der Waals surface area contributed by atoms with E-state index in [9.17, 15) is 4.79 Å². The van der Waals surface area contributed by atoms with Crippen LogP contribution in [0.2, 0.25) is 0 Å². The van der Waals surface area contributed by atoms with Crippen LogP contribution < -0.4 is 0 Å². The third kappa shape index (κ3) is 1.98. The average Bonchev–Trinajstić information content (AvgIpc) is 2.84. The van der Waals surface area contributed by atoms with E-state index in [1.807, 2.05) is 18.2 Å². The second-order valence-corrected chi connectivity index (χ2v) is 3.04. The van der Waals surface area contributed by atoms with Gasteiger partial charge in [-0.1, -0.05) is 6.07 Å². The van der Waals surface area contributed by atoms with E-state index in [4.69, 9.17) is 5.11 Å². The van der Waals surface area contributed by atoms with Gasteiger partial charge in [-0.25, -0.2) is 0 Å². The molecule has 0 radical (unpaired) electrons. The highest BCUT2D eigenvalue weighted by Gasteiger charge is 2.44. The van der Waals surface area contributed by atoms with Gasteiger partial charge < -0.3 is 5.11 Å². The number of aliphatic carboxylic acids is 1. The van der Waals surface area contributed by atoms with Gasteiger partial charge in [0.1, 0.15) is 0 Å². The van der Waals surface area contributed by atoms with Crippen molar-refractivity contribution < 1.29 is 9.90 Å². The van der Waals surface area contributed by atoms with Gasteiger partial charge in [0.25, 0.3) is 0 Å². The lowest BCUT2D eigenvalue weighted by Gasteiger charge is -1.94. The van der Waals surface area contributed by atoms with Crippen LogP contribution in [0.4, 0.5) is 0 Å². The van der Waals surface area contributed by atoms with Gasteiger partial charge in [-0.3, -0.25) is 9.78 Å². The first kappa shape index (κ1) is 9.99. The number of pyridine rings is 1. The second-order valence-electron chi connectivity index (χ2n) is 3.04. The maximum atomic E-state index is 10.5. The molecule has 1 aliphatic carbocycles. The van der Waals surface area contributed by atoms with Crippen molar-refractivity contribution in [3.05, 3.63) is 30.1 Å². The van der Waals surface area contributed by atoms with E-state index in [-0.39, 0.29) is 24.2 Å². The molecule has 0 bridgehead atoms. The van der Waals surface area contributed by atoms with Gasteiger partial charge in [0.15, 0.2) is 0 Å². The Morgan fingerprint density at radius 2 is 2.31 bits per heavy atom. The minimum absolute atomic E-state index is 0. The van der Waals surface area contributed by atoms with Gasteiger partial charge in [0, 0.05) is 17.8 Å². The Morgan fingerprint density at radius 1 is 1.54 bits per heavy atom. The van der Waals surface area contributed by atoms with Gasteiger partial charge in [-0.2, -0.15) is 0 Å². The normalized spacial score (nSPS) is 24.6. The van der Waals surface area contributed by atoms with Crippen molar-refractivity contribution in [3.63, 3.8) is 0 Å². The first-order chi connectivity index (χ1) is 5.79. The van der Waals surface area contributed by atoms with Crippen LogP contribution in [0.1, 0.15) is 18.0 Å². The summed E-state index contributed by atoms with van der Waals surface area (Å²) in [5.74, 6) is -0.741. The first-order valence-electron chi connectivity index (χ1n) is 3.93. The summed E-state index contributed by atoms with van der Waals surface area (Å²) in [7, 11) is 0. The molecule has 2 rings (SSSR count). The Hall–Kier alpha value is -1.09. The molecule has 70 valence electrons. The van der Waals surface area contributed by atoms with Crippen molar-refractivity contribution in [1.29, 1.82) is 0 Å². The van der Waals surface area contributed by atoms with E-state index in [0.717, 1.165) is 12.1 Å². The Balaban J connectivity index is 0.000000845. The first-order valence-corrected chi connectivity index (χ1v) is 3.93. The molecular formula is C9H10ClNO2. The molecule has 1 N–H and O–H groups in total. The average molecular weight is 200 g/mol. The predicted molar refractivity (Wildman–Crippen MR) is 50.0 cm³/mol. The standard InChI is InChI=1S/C9H9NO2.ClH/c11-9(12)7-5-6(7)8-3-1-2-4-10-8;/h1-4,6-7H,5H2,(H,11,12);1H. The summed E-state index contributed by atoms with van der Waals surface area (Å²) in [4.78, 5) is 14.6. The van der Waals surface area contributed by atoms with Crippen molar-refractivity contribution >= 4 is 18.4 Å². The molecule has 1 saturated carbocycles. The number of nitrogens with zero attached hydrogens (tertiary/aromatic N) is 1. The smallest absolute Gasteiger partial charge is 0.307 e. The van der Waals surface area contributed by atoms with Crippen LogP contribution in [0.25, 0.3) is 0 Å². The minimum Gasteiger partial charge on any atom is -0.481 e. The second kappa shape index (κ2) is 3.75. The molecule has 1 aromatic rings. The van der Waals surface area contributed by atoms with Gasteiger partial charge >= 0.3 is 5.97 Å². The fourth-order valence-corrected chi connectivity index (χ4v) is 1.39. The zero-order chi connectivity index (χ0) is 8.55. The largest absolute Gasteiger partial charge is 0.481 e. The van der Waals surface area contributed by atoms with E-state index in [0.29, 0.717) is 0 Å². The SMILES string of the molecule is Cl.O=C(O)C1CC1c1ccccn1. The lowest BCUT2D eigenvalue weighted by molar-refractivity contribution is -0.138. The highest BCUT2D eigenvalue weighted by molar-refractivity contribution is 5.85. The van der Waals surface area contributed by atoms with Gasteiger partial charge in [0.2, 0.25) is 0 Å². The molecule has 0 aromatic carbocycles. The molecule has 0 saturated heterocycles. The maximum absolute atomic E-state index is 10.5. The minimum atomic E-state index is -0.703. The van der Waals surface area contributed by atoms with E-state index < -0.39 is 5.97 Å². The highest BCUT2D eigenvalue weighted by atomic mass is 35.5. The Bertz CT molecular complexity index is 302. The van der Waals surface area contributed by atoms with Gasteiger partial charge in [-0.15, -0.1) is 12.4 Å².